The number of hydrogen-bond acceptors (Lipinski definition) is 10. The number of anilines is 1. The van der Waals surface area contributed by atoms with E-state index >= 15 is 0 Å². The van der Waals surface area contributed by atoms with Crippen LogP contribution in [0.4, 0.5) is 5.13 Å². The summed E-state index contributed by atoms with van der Waals surface area (Å²) in [5.41, 5.74) is 1.61. The van der Waals surface area contributed by atoms with Crippen molar-refractivity contribution in [3.05, 3.63) is 46.7 Å². The molecule has 0 aliphatic heterocycles. The Balaban J connectivity index is 1.58. The Kier molecular flexibility index (Phi) is 8.17. The van der Waals surface area contributed by atoms with Gasteiger partial charge in [-0.3, -0.25) is 19.5 Å². The van der Waals surface area contributed by atoms with Gasteiger partial charge >= 0.3 is 11.9 Å². The lowest BCUT2D eigenvalue weighted by atomic mass is 10.2. The van der Waals surface area contributed by atoms with Crippen LogP contribution in [0.15, 0.2) is 34.8 Å². The second-order valence-corrected chi connectivity index (χ2v) is 8.41. The Bertz CT molecular complexity index is 1140. The van der Waals surface area contributed by atoms with Crippen LogP contribution in [0.5, 0.6) is 0 Å². The molecule has 3 rings (SSSR count). The van der Waals surface area contributed by atoms with Crippen molar-refractivity contribution in [3.63, 3.8) is 0 Å². The minimum atomic E-state index is -1.04. The van der Waals surface area contributed by atoms with Gasteiger partial charge in [-0.25, -0.2) is 9.78 Å². The fraction of sp³-hybridized carbons (Fsp3) is 0.333. The number of nitrogens with one attached hydrogen (secondary N) is 1. The van der Waals surface area contributed by atoms with Crippen LogP contribution in [-0.4, -0.2) is 56.6 Å². The molecule has 174 valence electrons. The maximum Gasteiger partial charge on any atom is 0.338 e. The first kappa shape index (κ1) is 24.4. The maximum atomic E-state index is 12.5. The Morgan fingerprint density at radius 1 is 1.21 bits per heavy atom. The number of benzene rings is 1. The zero-order valence-corrected chi connectivity index (χ0v) is 20.2. The zero-order valence-electron chi connectivity index (χ0n) is 18.5. The van der Waals surface area contributed by atoms with E-state index in [9.17, 15) is 14.4 Å². The van der Waals surface area contributed by atoms with Crippen LogP contribution in [-0.2, 0) is 25.5 Å². The Hall–Kier alpha value is -3.25. The normalized spacial score (nSPS) is 11.6. The Morgan fingerprint density at radius 2 is 1.94 bits per heavy atom. The van der Waals surface area contributed by atoms with Crippen molar-refractivity contribution in [1.29, 1.82) is 0 Å². The van der Waals surface area contributed by atoms with Crippen molar-refractivity contribution in [2.75, 3.05) is 18.2 Å². The summed E-state index contributed by atoms with van der Waals surface area (Å²) in [4.78, 5) is 40.6. The van der Waals surface area contributed by atoms with E-state index in [0.717, 1.165) is 16.7 Å². The van der Waals surface area contributed by atoms with Crippen molar-refractivity contribution in [3.8, 4) is 5.69 Å². The number of esters is 2. The fourth-order valence-corrected chi connectivity index (χ4v) is 4.07. The molecule has 0 aliphatic carbocycles. The molecule has 0 radical (unpaired) electrons. The Labute approximate surface area is 198 Å². The molecule has 0 saturated heterocycles. The smallest absolute Gasteiger partial charge is 0.338 e. The molecule has 0 bridgehead atoms. The molecule has 0 aliphatic rings. The summed E-state index contributed by atoms with van der Waals surface area (Å²) in [6.45, 7) is 5.33. The average Bonchev–Trinajstić information content (AvgIpc) is 3.39. The third kappa shape index (κ3) is 6.17. The van der Waals surface area contributed by atoms with Crippen molar-refractivity contribution >= 4 is 46.1 Å². The predicted molar refractivity (Wildman–Crippen MR) is 124 cm³/mol. The second kappa shape index (κ2) is 11.1. The zero-order chi connectivity index (χ0) is 24.0. The molecule has 33 heavy (non-hydrogen) atoms. The third-order valence-corrected chi connectivity index (χ3v) is 5.84. The number of thioether (sulfide) groups is 1. The molecule has 3 aromatic rings. The van der Waals surface area contributed by atoms with Crippen molar-refractivity contribution in [1.82, 2.24) is 19.7 Å². The van der Waals surface area contributed by atoms with Gasteiger partial charge in [0.25, 0.3) is 5.91 Å². The summed E-state index contributed by atoms with van der Waals surface area (Å²) in [6.07, 6.45) is 0.886. The van der Waals surface area contributed by atoms with Gasteiger partial charge in [0.15, 0.2) is 16.4 Å². The number of rotatable bonds is 9. The lowest BCUT2D eigenvalue weighted by Gasteiger charge is -2.13. The molecule has 2 aromatic heterocycles. The van der Waals surface area contributed by atoms with E-state index in [0.29, 0.717) is 16.4 Å². The van der Waals surface area contributed by atoms with Crippen molar-refractivity contribution < 1.29 is 23.9 Å². The summed E-state index contributed by atoms with van der Waals surface area (Å²) < 4.78 is 12.0. The van der Waals surface area contributed by atoms with E-state index in [1.807, 2.05) is 17.7 Å². The first-order chi connectivity index (χ1) is 15.8. The highest BCUT2D eigenvalue weighted by atomic mass is 32.2. The van der Waals surface area contributed by atoms with Crippen LogP contribution in [0, 0.1) is 6.92 Å². The second-order valence-electron chi connectivity index (χ2n) is 6.78. The molecule has 1 amide bonds. The van der Waals surface area contributed by atoms with Crippen LogP contribution in [0.1, 0.15) is 35.7 Å². The van der Waals surface area contributed by atoms with Gasteiger partial charge in [-0.05, 0) is 51.3 Å². The standard InChI is InChI=1S/C21H23N5O5S2/c1-5-30-17(27)10-15-11-33-20(22-15)23-18(28)12(2)31-19(29)14-6-8-16(9-7-14)26-13(3)24-25-21(26)32-4/h6-9,11-12H,5,10H2,1-4H3,(H,22,23,28). The summed E-state index contributed by atoms with van der Waals surface area (Å²) >= 11 is 2.64. The van der Waals surface area contributed by atoms with E-state index in [1.54, 1.807) is 36.6 Å². The van der Waals surface area contributed by atoms with Gasteiger partial charge in [-0.2, -0.15) is 0 Å². The molecule has 1 unspecified atom stereocenters. The lowest BCUT2D eigenvalue weighted by Crippen LogP contribution is -2.30. The summed E-state index contributed by atoms with van der Waals surface area (Å²) in [5.74, 6) is -0.815. The van der Waals surface area contributed by atoms with E-state index in [1.165, 1.54) is 30.0 Å². The van der Waals surface area contributed by atoms with Gasteiger partial charge in [0.05, 0.1) is 24.3 Å². The number of hydrogen-bond donors (Lipinski definition) is 1. The van der Waals surface area contributed by atoms with Gasteiger partial charge in [0, 0.05) is 11.1 Å². The summed E-state index contributed by atoms with van der Waals surface area (Å²) in [7, 11) is 0. The van der Waals surface area contributed by atoms with E-state index in [2.05, 4.69) is 20.5 Å². The van der Waals surface area contributed by atoms with Gasteiger partial charge in [-0.15, -0.1) is 21.5 Å². The van der Waals surface area contributed by atoms with Crippen LogP contribution in [0.25, 0.3) is 5.69 Å². The van der Waals surface area contributed by atoms with Crippen molar-refractivity contribution in [2.45, 2.75) is 38.5 Å². The van der Waals surface area contributed by atoms with E-state index < -0.39 is 23.9 Å². The Morgan fingerprint density at radius 3 is 2.61 bits per heavy atom. The average molecular weight is 490 g/mol. The first-order valence-corrected chi connectivity index (χ1v) is 12.1. The molecular weight excluding hydrogens is 466 g/mol. The quantitative estimate of drug-likeness (QED) is 0.356. The van der Waals surface area contributed by atoms with Crippen molar-refractivity contribution in [2.24, 2.45) is 0 Å². The van der Waals surface area contributed by atoms with Gasteiger partial charge in [0.2, 0.25) is 0 Å². The molecule has 1 N–H and O–H groups in total. The fourth-order valence-electron chi connectivity index (χ4n) is 2.81. The number of thiazole rings is 1. The number of aromatic nitrogens is 4. The molecule has 0 saturated carbocycles. The molecule has 10 nitrogen and oxygen atoms in total. The molecule has 1 aromatic carbocycles. The number of ether oxygens (including phenoxy) is 2. The van der Waals surface area contributed by atoms with Crippen LogP contribution < -0.4 is 5.32 Å². The number of aryl methyl sites for hydroxylation is 1. The summed E-state index contributed by atoms with van der Waals surface area (Å²) in [5, 5.41) is 13.5. The minimum absolute atomic E-state index is 0.0217. The van der Waals surface area contributed by atoms with E-state index in [4.69, 9.17) is 9.47 Å². The molecule has 12 heteroatoms. The SMILES string of the molecule is CCOC(=O)Cc1csc(NC(=O)C(C)OC(=O)c2ccc(-n3c(C)nnc3SC)cc2)n1. The van der Waals surface area contributed by atoms with Gasteiger partial charge < -0.3 is 9.47 Å². The molecule has 1 atom stereocenters. The van der Waals surface area contributed by atoms with Gasteiger partial charge in [-0.1, -0.05) is 11.8 Å². The van der Waals surface area contributed by atoms with Crippen LogP contribution >= 0.6 is 23.1 Å². The molecule has 0 fully saturated rings. The third-order valence-electron chi connectivity index (χ3n) is 4.40. The maximum absolute atomic E-state index is 12.5. The van der Waals surface area contributed by atoms with Crippen LogP contribution in [0.3, 0.4) is 0 Å². The topological polar surface area (TPSA) is 125 Å². The highest BCUT2D eigenvalue weighted by Gasteiger charge is 2.21. The van der Waals surface area contributed by atoms with Crippen LogP contribution in [0.2, 0.25) is 0 Å². The highest BCUT2D eigenvalue weighted by Crippen LogP contribution is 2.21. The molecule has 0 spiro atoms. The van der Waals surface area contributed by atoms with E-state index in [-0.39, 0.29) is 13.0 Å². The predicted octanol–water partition coefficient (Wildman–Crippen LogP) is 3.04. The lowest BCUT2D eigenvalue weighted by molar-refractivity contribution is -0.142. The molecule has 2 heterocycles. The molecular formula is C21H23N5O5S2. The number of carbonyl (C=O) groups is 3. The first-order valence-electron chi connectivity index (χ1n) is 10.0. The number of carbonyl (C=O) groups excluding carboxylic acids is 3. The monoisotopic (exact) mass is 489 g/mol. The number of amides is 1. The summed E-state index contributed by atoms with van der Waals surface area (Å²) in [6, 6.07) is 6.76. The minimum Gasteiger partial charge on any atom is -0.466 e. The van der Waals surface area contributed by atoms with Gasteiger partial charge in [0.1, 0.15) is 5.82 Å². The highest BCUT2D eigenvalue weighted by molar-refractivity contribution is 7.98. The number of nitrogens with zero attached hydrogens (tertiary/aromatic N) is 4. The largest absolute Gasteiger partial charge is 0.466 e.